The Bertz CT molecular complexity index is 273. The normalized spacial score (nSPS) is 44.2. The van der Waals surface area contributed by atoms with E-state index in [1.54, 1.807) is 0 Å². The lowest BCUT2D eigenvalue weighted by atomic mass is 9.69. The third kappa shape index (κ3) is 2.58. The van der Waals surface area contributed by atoms with Gasteiger partial charge in [0.1, 0.15) is 0 Å². The van der Waals surface area contributed by atoms with E-state index in [0.717, 1.165) is 31.6 Å². The van der Waals surface area contributed by atoms with Crippen molar-refractivity contribution in [3.8, 4) is 6.07 Å². The first-order valence-corrected chi connectivity index (χ1v) is 6.70. The predicted molar refractivity (Wildman–Crippen MR) is 63.9 cm³/mol. The van der Waals surface area contributed by atoms with Gasteiger partial charge in [-0.15, -0.1) is 0 Å². The lowest BCUT2D eigenvalue weighted by Gasteiger charge is -2.35. The molecule has 1 saturated heterocycles. The molecule has 1 aliphatic heterocycles. The maximum atomic E-state index is 9.45. The Kier molecular flexibility index (Phi) is 3.54. The van der Waals surface area contributed by atoms with Crippen LogP contribution in [0.3, 0.4) is 0 Å². The molecule has 0 aromatic heterocycles. The van der Waals surface area contributed by atoms with Gasteiger partial charge >= 0.3 is 0 Å². The molecule has 0 N–H and O–H groups in total. The van der Waals surface area contributed by atoms with Gasteiger partial charge in [0.05, 0.1) is 23.7 Å². The van der Waals surface area contributed by atoms with Crippen molar-refractivity contribution in [1.29, 1.82) is 5.26 Å². The fraction of sp³-hybridized carbons (Fsp3) is 0.929. The van der Waals surface area contributed by atoms with Gasteiger partial charge in [0.25, 0.3) is 0 Å². The second-order valence-corrected chi connectivity index (χ2v) is 5.92. The van der Waals surface area contributed by atoms with Gasteiger partial charge in [0, 0.05) is 0 Å². The molecule has 2 nitrogen and oxygen atoms in total. The van der Waals surface area contributed by atoms with E-state index >= 15 is 0 Å². The maximum absolute atomic E-state index is 9.45. The van der Waals surface area contributed by atoms with Crippen LogP contribution < -0.4 is 0 Å². The number of nitrogens with zero attached hydrogens (tertiary/aromatic N) is 1. The fourth-order valence-corrected chi connectivity index (χ4v) is 3.15. The van der Waals surface area contributed by atoms with Crippen LogP contribution in [0.15, 0.2) is 0 Å². The Morgan fingerprint density at radius 2 is 1.88 bits per heavy atom. The van der Waals surface area contributed by atoms with Gasteiger partial charge in [-0.3, -0.25) is 0 Å². The molecular formula is C14H23NO. The van der Waals surface area contributed by atoms with E-state index in [0.29, 0.717) is 12.2 Å². The molecule has 2 fully saturated rings. The number of hydrogen-bond acceptors (Lipinski definition) is 2. The fourth-order valence-electron chi connectivity index (χ4n) is 3.15. The summed E-state index contributed by atoms with van der Waals surface area (Å²) < 4.78 is 5.87. The largest absolute Gasteiger partial charge is 0.375 e. The zero-order chi connectivity index (χ0) is 11.6. The van der Waals surface area contributed by atoms with Crippen molar-refractivity contribution in [2.75, 3.05) is 0 Å². The van der Waals surface area contributed by atoms with Crippen LogP contribution in [0.1, 0.15) is 58.8 Å². The number of nitriles is 1. The van der Waals surface area contributed by atoms with E-state index < -0.39 is 0 Å². The van der Waals surface area contributed by atoms with Crippen LogP contribution in [-0.4, -0.2) is 12.2 Å². The molecule has 0 radical (unpaired) electrons. The molecule has 0 spiro atoms. The van der Waals surface area contributed by atoms with Gasteiger partial charge in [-0.2, -0.15) is 5.26 Å². The van der Waals surface area contributed by atoms with Crippen molar-refractivity contribution in [2.45, 2.75) is 71.0 Å². The molecule has 2 unspecified atom stereocenters. The van der Waals surface area contributed by atoms with Crippen molar-refractivity contribution in [3.63, 3.8) is 0 Å². The van der Waals surface area contributed by atoms with Crippen LogP contribution in [0, 0.1) is 22.7 Å². The average Bonchev–Trinajstić information content (AvgIpc) is 2.68. The second kappa shape index (κ2) is 4.75. The highest BCUT2D eigenvalue weighted by Crippen LogP contribution is 2.43. The molecule has 1 aliphatic carbocycles. The molecule has 0 amide bonds. The Morgan fingerprint density at radius 3 is 2.38 bits per heavy atom. The van der Waals surface area contributed by atoms with Gasteiger partial charge in [-0.1, -0.05) is 6.92 Å². The van der Waals surface area contributed by atoms with Gasteiger partial charge in [0.2, 0.25) is 0 Å². The molecule has 0 aromatic rings. The average molecular weight is 221 g/mol. The summed E-state index contributed by atoms with van der Waals surface area (Å²) in [4.78, 5) is 0. The molecule has 0 aromatic carbocycles. The molecule has 2 aliphatic rings. The van der Waals surface area contributed by atoms with E-state index in [1.807, 2.05) is 0 Å². The van der Waals surface area contributed by atoms with E-state index in [2.05, 4.69) is 19.9 Å². The minimum atomic E-state index is -0.0682. The van der Waals surface area contributed by atoms with Gasteiger partial charge < -0.3 is 4.74 Å². The Hall–Kier alpha value is -0.550. The van der Waals surface area contributed by atoms with Crippen molar-refractivity contribution in [2.24, 2.45) is 11.3 Å². The molecule has 16 heavy (non-hydrogen) atoms. The predicted octanol–water partition coefficient (Wildman–Crippen LogP) is 3.66. The number of hydrogen-bond donors (Lipinski definition) is 0. The molecule has 2 heteroatoms. The Balaban J connectivity index is 1.92. The SMILES string of the molecule is CC1CCC(C#N)(CC2CCC(C)O2)CC1. The summed E-state index contributed by atoms with van der Waals surface area (Å²) in [6.07, 6.45) is 8.65. The highest BCUT2D eigenvalue weighted by atomic mass is 16.5. The first-order chi connectivity index (χ1) is 7.63. The number of ether oxygens (including phenoxy) is 1. The molecule has 1 heterocycles. The van der Waals surface area contributed by atoms with Crippen molar-refractivity contribution < 1.29 is 4.74 Å². The van der Waals surface area contributed by atoms with Crippen LogP contribution in [0.2, 0.25) is 0 Å². The van der Waals surface area contributed by atoms with Gasteiger partial charge in [-0.05, 0) is 57.8 Å². The topological polar surface area (TPSA) is 33.0 Å². The lowest BCUT2D eigenvalue weighted by molar-refractivity contribution is 0.0223. The van der Waals surface area contributed by atoms with Crippen LogP contribution in [0.4, 0.5) is 0 Å². The lowest BCUT2D eigenvalue weighted by Crippen LogP contribution is -2.29. The minimum Gasteiger partial charge on any atom is -0.375 e. The standard InChI is InChI=1S/C14H23NO/c1-11-5-7-14(10-15,8-6-11)9-13-4-3-12(2)16-13/h11-13H,3-9H2,1-2H3. The second-order valence-electron chi connectivity index (χ2n) is 5.92. The first kappa shape index (κ1) is 11.9. The van der Waals surface area contributed by atoms with Crippen molar-refractivity contribution in [3.05, 3.63) is 0 Å². The van der Waals surface area contributed by atoms with Crippen molar-refractivity contribution >= 4 is 0 Å². The highest BCUT2D eigenvalue weighted by Gasteiger charge is 2.38. The summed E-state index contributed by atoms with van der Waals surface area (Å²) in [6.45, 7) is 4.44. The molecule has 2 rings (SSSR count). The zero-order valence-electron chi connectivity index (χ0n) is 10.5. The van der Waals surface area contributed by atoms with Crippen LogP contribution >= 0.6 is 0 Å². The Morgan fingerprint density at radius 1 is 1.19 bits per heavy atom. The third-order valence-corrected chi connectivity index (χ3v) is 4.41. The molecule has 1 saturated carbocycles. The van der Waals surface area contributed by atoms with Crippen molar-refractivity contribution in [1.82, 2.24) is 0 Å². The van der Waals surface area contributed by atoms with Gasteiger partial charge in [0.15, 0.2) is 0 Å². The van der Waals surface area contributed by atoms with E-state index in [9.17, 15) is 5.26 Å². The summed E-state index contributed by atoms with van der Waals surface area (Å²) in [7, 11) is 0. The summed E-state index contributed by atoms with van der Waals surface area (Å²) >= 11 is 0. The monoisotopic (exact) mass is 221 g/mol. The highest BCUT2D eigenvalue weighted by molar-refractivity contribution is 5.03. The van der Waals surface area contributed by atoms with Gasteiger partial charge in [-0.25, -0.2) is 0 Å². The molecule has 2 atom stereocenters. The zero-order valence-corrected chi connectivity index (χ0v) is 10.5. The summed E-state index contributed by atoms with van der Waals surface area (Å²) in [5.74, 6) is 0.810. The quantitative estimate of drug-likeness (QED) is 0.713. The van der Waals surface area contributed by atoms with Crippen LogP contribution in [-0.2, 0) is 4.74 Å². The third-order valence-electron chi connectivity index (χ3n) is 4.41. The smallest absolute Gasteiger partial charge is 0.0690 e. The molecule has 0 bridgehead atoms. The maximum Gasteiger partial charge on any atom is 0.0690 e. The Labute approximate surface area is 99.0 Å². The summed E-state index contributed by atoms with van der Waals surface area (Å²) in [5.41, 5.74) is -0.0682. The molecular weight excluding hydrogens is 198 g/mol. The molecule has 90 valence electrons. The number of rotatable bonds is 2. The van der Waals surface area contributed by atoms with E-state index in [1.165, 1.54) is 19.3 Å². The first-order valence-electron chi connectivity index (χ1n) is 6.70. The van der Waals surface area contributed by atoms with E-state index in [4.69, 9.17) is 4.74 Å². The minimum absolute atomic E-state index is 0.0682. The van der Waals surface area contributed by atoms with Crippen LogP contribution in [0.5, 0.6) is 0 Å². The summed E-state index contributed by atoms with van der Waals surface area (Å²) in [6, 6.07) is 2.60. The summed E-state index contributed by atoms with van der Waals surface area (Å²) in [5, 5.41) is 9.45. The van der Waals surface area contributed by atoms with E-state index in [-0.39, 0.29) is 5.41 Å². The van der Waals surface area contributed by atoms with Crippen LogP contribution in [0.25, 0.3) is 0 Å².